The first kappa shape index (κ1) is 23.5. The lowest BCUT2D eigenvalue weighted by atomic mass is 10.2. The molecule has 4 rings (SSSR count). The zero-order valence-electron chi connectivity index (χ0n) is 18.9. The highest BCUT2D eigenvalue weighted by atomic mass is 35.5. The molecule has 5 nitrogen and oxygen atoms in total. The summed E-state index contributed by atoms with van der Waals surface area (Å²) in [5.41, 5.74) is 3.16. The molecule has 0 fully saturated rings. The molecule has 34 heavy (non-hydrogen) atoms. The van der Waals surface area contributed by atoms with Crippen LogP contribution in [0.1, 0.15) is 40.3 Å². The highest BCUT2D eigenvalue weighted by molar-refractivity contribution is 6.34. The lowest BCUT2D eigenvalue weighted by molar-refractivity contribution is 0.0940. The molecule has 7 heteroatoms. The van der Waals surface area contributed by atoms with Crippen LogP contribution in [0.5, 0.6) is 0 Å². The van der Waals surface area contributed by atoms with E-state index in [1.165, 1.54) is 12.1 Å². The minimum Gasteiger partial charge on any atom is -0.351 e. The largest absolute Gasteiger partial charge is 0.351 e. The number of halogens is 2. The second-order valence-corrected chi connectivity index (χ2v) is 8.96. The van der Waals surface area contributed by atoms with Gasteiger partial charge in [-0.2, -0.15) is 0 Å². The molecule has 1 heterocycles. The zero-order valence-corrected chi connectivity index (χ0v) is 19.7. The normalized spacial score (nSPS) is 11.1. The van der Waals surface area contributed by atoms with Gasteiger partial charge in [0.15, 0.2) is 0 Å². The topological polar surface area (TPSA) is 63.1 Å². The third-order valence-corrected chi connectivity index (χ3v) is 5.76. The van der Waals surface area contributed by atoms with Crippen LogP contribution in [0, 0.1) is 11.7 Å². The number of amides is 2. The number of hydrogen-bond donors (Lipinski definition) is 2. The van der Waals surface area contributed by atoms with Crippen molar-refractivity contribution >= 4 is 40.0 Å². The van der Waals surface area contributed by atoms with E-state index in [0.717, 1.165) is 16.5 Å². The summed E-state index contributed by atoms with van der Waals surface area (Å²) in [7, 11) is 0. The number of fused-ring (bicyclic) bond motifs is 1. The number of aromatic nitrogens is 1. The SMILES string of the molecule is CC(C)CNC(=O)c1cc2cc(NC(=O)c3ccccc3Cl)ccc2n1Cc1ccc(F)cc1. The van der Waals surface area contributed by atoms with Gasteiger partial charge in [0, 0.05) is 29.7 Å². The maximum Gasteiger partial charge on any atom is 0.267 e. The molecule has 0 bridgehead atoms. The van der Waals surface area contributed by atoms with Crippen LogP contribution in [0.3, 0.4) is 0 Å². The summed E-state index contributed by atoms with van der Waals surface area (Å²) in [6, 6.07) is 20.3. The minimum atomic E-state index is -0.314. The Kier molecular flexibility index (Phi) is 6.98. The van der Waals surface area contributed by atoms with E-state index < -0.39 is 0 Å². The predicted octanol–water partition coefficient (Wildman–Crippen LogP) is 6.12. The summed E-state index contributed by atoms with van der Waals surface area (Å²) in [5, 5.41) is 7.01. The number of benzene rings is 3. The Balaban J connectivity index is 1.68. The van der Waals surface area contributed by atoms with Gasteiger partial charge in [-0.3, -0.25) is 9.59 Å². The number of carbonyl (C=O) groups excluding carboxylic acids is 2. The van der Waals surface area contributed by atoms with Crippen LogP contribution in [0.2, 0.25) is 5.02 Å². The number of nitrogens with zero attached hydrogens (tertiary/aromatic N) is 1. The molecule has 0 saturated heterocycles. The van der Waals surface area contributed by atoms with Crippen LogP contribution in [0.15, 0.2) is 72.8 Å². The Hall–Kier alpha value is -3.64. The van der Waals surface area contributed by atoms with Crippen molar-refractivity contribution in [2.45, 2.75) is 20.4 Å². The minimum absolute atomic E-state index is 0.186. The Morgan fingerprint density at radius 2 is 1.71 bits per heavy atom. The molecule has 2 amide bonds. The van der Waals surface area contributed by atoms with Gasteiger partial charge in [0.05, 0.1) is 10.6 Å². The number of anilines is 1. The van der Waals surface area contributed by atoms with E-state index in [9.17, 15) is 14.0 Å². The van der Waals surface area contributed by atoms with Crippen LogP contribution >= 0.6 is 11.6 Å². The average Bonchev–Trinajstić information content (AvgIpc) is 3.16. The van der Waals surface area contributed by atoms with Crippen molar-refractivity contribution < 1.29 is 14.0 Å². The van der Waals surface area contributed by atoms with Gasteiger partial charge in [0.1, 0.15) is 11.5 Å². The second kappa shape index (κ2) is 10.1. The summed E-state index contributed by atoms with van der Waals surface area (Å²) in [6.45, 7) is 5.01. The van der Waals surface area contributed by atoms with E-state index in [0.29, 0.717) is 41.0 Å². The molecule has 174 valence electrons. The van der Waals surface area contributed by atoms with Crippen molar-refractivity contribution in [1.82, 2.24) is 9.88 Å². The van der Waals surface area contributed by atoms with E-state index in [1.807, 2.05) is 30.5 Å². The number of hydrogen-bond acceptors (Lipinski definition) is 2. The highest BCUT2D eigenvalue weighted by Gasteiger charge is 2.17. The van der Waals surface area contributed by atoms with Crippen LogP contribution < -0.4 is 10.6 Å². The fourth-order valence-electron chi connectivity index (χ4n) is 3.71. The maximum atomic E-state index is 13.4. The summed E-state index contributed by atoms with van der Waals surface area (Å²) in [4.78, 5) is 25.7. The smallest absolute Gasteiger partial charge is 0.267 e. The predicted molar refractivity (Wildman–Crippen MR) is 134 cm³/mol. The monoisotopic (exact) mass is 477 g/mol. The quantitative estimate of drug-likeness (QED) is 0.337. The average molecular weight is 478 g/mol. The first-order valence-corrected chi connectivity index (χ1v) is 11.4. The molecular formula is C27H25ClFN3O2. The van der Waals surface area contributed by atoms with Crippen LogP contribution in [0.25, 0.3) is 10.9 Å². The molecule has 0 saturated carbocycles. The van der Waals surface area contributed by atoms with Gasteiger partial charge in [-0.05, 0) is 60.0 Å². The van der Waals surface area contributed by atoms with E-state index in [1.54, 1.807) is 48.5 Å². The molecule has 0 spiro atoms. The summed E-state index contributed by atoms with van der Waals surface area (Å²) in [5.74, 6) is -0.500. The summed E-state index contributed by atoms with van der Waals surface area (Å²) >= 11 is 6.15. The van der Waals surface area contributed by atoms with E-state index in [4.69, 9.17) is 11.6 Å². The number of carbonyl (C=O) groups is 2. The van der Waals surface area contributed by atoms with Gasteiger partial charge in [0.25, 0.3) is 11.8 Å². The standard InChI is InChI=1S/C27H25ClFN3O2/c1-17(2)15-30-27(34)25-14-19-13-21(31-26(33)22-5-3-4-6-23(22)28)11-12-24(19)32(25)16-18-7-9-20(29)10-8-18/h3-14,17H,15-16H2,1-2H3,(H,30,34)(H,31,33). The molecule has 0 unspecified atom stereocenters. The molecule has 0 atom stereocenters. The van der Waals surface area contributed by atoms with Crippen LogP contribution in [-0.4, -0.2) is 22.9 Å². The molecule has 1 aromatic heterocycles. The van der Waals surface area contributed by atoms with E-state index in [-0.39, 0.29) is 17.6 Å². The fourth-order valence-corrected chi connectivity index (χ4v) is 3.93. The lowest BCUT2D eigenvalue weighted by Crippen LogP contribution is -2.29. The van der Waals surface area contributed by atoms with E-state index in [2.05, 4.69) is 10.6 Å². The lowest BCUT2D eigenvalue weighted by Gasteiger charge is -2.13. The van der Waals surface area contributed by atoms with Gasteiger partial charge in [0.2, 0.25) is 0 Å². The first-order valence-electron chi connectivity index (χ1n) is 11.0. The van der Waals surface area contributed by atoms with Gasteiger partial charge >= 0.3 is 0 Å². The Labute approximate surface area is 202 Å². The third-order valence-electron chi connectivity index (χ3n) is 5.44. The Morgan fingerprint density at radius 1 is 0.971 bits per heavy atom. The van der Waals surface area contributed by atoms with Crippen molar-refractivity contribution in [3.05, 3.63) is 100 Å². The fraction of sp³-hybridized carbons (Fsp3) is 0.185. The molecule has 0 aliphatic rings. The zero-order chi connectivity index (χ0) is 24.2. The van der Waals surface area contributed by atoms with Crippen molar-refractivity contribution in [2.24, 2.45) is 5.92 Å². The molecule has 2 N–H and O–H groups in total. The van der Waals surface area contributed by atoms with Gasteiger partial charge in [-0.15, -0.1) is 0 Å². The van der Waals surface area contributed by atoms with Gasteiger partial charge in [-0.1, -0.05) is 49.7 Å². The molecule has 0 aliphatic carbocycles. The molecular weight excluding hydrogens is 453 g/mol. The summed E-state index contributed by atoms with van der Waals surface area (Å²) < 4.78 is 15.3. The maximum absolute atomic E-state index is 13.4. The van der Waals surface area contributed by atoms with Gasteiger partial charge < -0.3 is 15.2 Å². The van der Waals surface area contributed by atoms with Crippen molar-refractivity contribution in [3.8, 4) is 0 Å². The molecule has 3 aromatic carbocycles. The number of nitrogens with one attached hydrogen (secondary N) is 2. The first-order chi connectivity index (χ1) is 16.3. The third kappa shape index (κ3) is 5.29. The molecule has 0 aliphatic heterocycles. The Bertz CT molecular complexity index is 1350. The van der Waals surface area contributed by atoms with Crippen molar-refractivity contribution in [1.29, 1.82) is 0 Å². The molecule has 4 aromatic rings. The van der Waals surface area contributed by atoms with Crippen molar-refractivity contribution in [2.75, 3.05) is 11.9 Å². The van der Waals surface area contributed by atoms with Crippen LogP contribution in [0.4, 0.5) is 10.1 Å². The Morgan fingerprint density at radius 3 is 2.41 bits per heavy atom. The number of rotatable bonds is 7. The van der Waals surface area contributed by atoms with E-state index >= 15 is 0 Å². The summed E-state index contributed by atoms with van der Waals surface area (Å²) in [6.07, 6.45) is 0. The molecule has 0 radical (unpaired) electrons. The highest BCUT2D eigenvalue weighted by Crippen LogP contribution is 2.26. The van der Waals surface area contributed by atoms with Gasteiger partial charge in [-0.25, -0.2) is 4.39 Å². The van der Waals surface area contributed by atoms with Crippen molar-refractivity contribution in [3.63, 3.8) is 0 Å². The second-order valence-electron chi connectivity index (χ2n) is 8.55. The van der Waals surface area contributed by atoms with Crippen LogP contribution in [-0.2, 0) is 6.54 Å².